The Morgan fingerprint density at radius 3 is 2.60 bits per heavy atom. The van der Waals surface area contributed by atoms with Gasteiger partial charge in [0.15, 0.2) is 0 Å². The Hall–Kier alpha value is -1.88. The molecule has 1 aromatic rings. The van der Waals surface area contributed by atoms with Crippen molar-refractivity contribution in [3.8, 4) is 0 Å². The number of hydrogen-bond acceptors (Lipinski definition) is 3. The van der Waals surface area contributed by atoms with Crippen LogP contribution >= 0.6 is 0 Å². The Morgan fingerprint density at radius 2 is 1.84 bits per heavy atom. The normalized spacial score (nSPS) is 29.4. The van der Waals surface area contributed by atoms with Gasteiger partial charge in [0.05, 0.1) is 0 Å². The van der Waals surface area contributed by atoms with Crippen molar-refractivity contribution >= 4 is 11.8 Å². The molecule has 1 aromatic carbocycles. The molecule has 5 heteroatoms. The summed E-state index contributed by atoms with van der Waals surface area (Å²) >= 11 is 0. The first kappa shape index (κ1) is 16.6. The Balaban J connectivity index is 1.43. The number of amides is 2. The highest BCUT2D eigenvalue weighted by Crippen LogP contribution is 2.32. The second-order valence-corrected chi connectivity index (χ2v) is 7.41. The Labute approximate surface area is 148 Å². The summed E-state index contributed by atoms with van der Waals surface area (Å²) in [5.41, 5.74) is 0.754. The maximum Gasteiger partial charge on any atom is 0.253 e. The van der Waals surface area contributed by atoms with Crippen LogP contribution in [0.5, 0.6) is 0 Å². The van der Waals surface area contributed by atoms with Gasteiger partial charge >= 0.3 is 0 Å². The summed E-state index contributed by atoms with van der Waals surface area (Å²) in [4.78, 5) is 29.6. The van der Waals surface area contributed by atoms with Crippen molar-refractivity contribution in [3.63, 3.8) is 0 Å². The van der Waals surface area contributed by atoms with Gasteiger partial charge < -0.3 is 14.5 Å². The topological polar surface area (TPSA) is 49.9 Å². The maximum absolute atomic E-state index is 12.8. The van der Waals surface area contributed by atoms with E-state index >= 15 is 0 Å². The van der Waals surface area contributed by atoms with E-state index in [1.165, 1.54) is 0 Å². The smallest absolute Gasteiger partial charge is 0.253 e. The fourth-order valence-corrected chi connectivity index (χ4v) is 4.58. The van der Waals surface area contributed by atoms with Crippen LogP contribution in [0.3, 0.4) is 0 Å². The highest BCUT2D eigenvalue weighted by molar-refractivity contribution is 5.94. The summed E-state index contributed by atoms with van der Waals surface area (Å²) in [6.07, 6.45) is 4.60. The largest absolute Gasteiger partial charge is 0.368 e. The van der Waals surface area contributed by atoms with Gasteiger partial charge in [-0.05, 0) is 50.2 Å². The van der Waals surface area contributed by atoms with Crippen LogP contribution in [-0.4, -0.2) is 60.0 Å². The third-order valence-electron chi connectivity index (χ3n) is 5.86. The lowest BCUT2D eigenvalue weighted by Crippen LogP contribution is -2.58. The molecule has 5 nitrogen and oxygen atoms in total. The number of nitrogens with zero attached hydrogens (tertiary/aromatic N) is 2. The monoisotopic (exact) mass is 342 g/mol. The number of likely N-dealkylation sites (tertiary alicyclic amines) is 2. The van der Waals surface area contributed by atoms with Gasteiger partial charge in [-0.2, -0.15) is 0 Å². The number of carbonyl (C=O) groups excluding carboxylic acids is 2. The van der Waals surface area contributed by atoms with Crippen LogP contribution in [0, 0.1) is 5.92 Å². The lowest BCUT2D eigenvalue weighted by molar-refractivity contribution is -0.147. The van der Waals surface area contributed by atoms with E-state index in [-0.39, 0.29) is 24.0 Å². The zero-order valence-electron chi connectivity index (χ0n) is 14.6. The highest BCUT2D eigenvalue weighted by Gasteiger charge is 2.41. The molecule has 3 saturated heterocycles. The van der Waals surface area contributed by atoms with Crippen LogP contribution < -0.4 is 0 Å². The van der Waals surface area contributed by atoms with E-state index in [1.807, 2.05) is 35.2 Å². The van der Waals surface area contributed by atoms with Gasteiger partial charge in [0.25, 0.3) is 11.8 Å². The van der Waals surface area contributed by atoms with Crippen molar-refractivity contribution in [1.29, 1.82) is 0 Å². The van der Waals surface area contributed by atoms with Gasteiger partial charge in [0.1, 0.15) is 6.10 Å². The van der Waals surface area contributed by atoms with Crippen molar-refractivity contribution in [1.82, 2.24) is 9.80 Å². The van der Waals surface area contributed by atoms with E-state index < -0.39 is 0 Å². The van der Waals surface area contributed by atoms with Crippen molar-refractivity contribution < 1.29 is 14.3 Å². The van der Waals surface area contributed by atoms with Crippen molar-refractivity contribution in [3.05, 3.63) is 35.9 Å². The molecule has 0 saturated carbocycles. The van der Waals surface area contributed by atoms with Gasteiger partial charge in [0, 0.05) is 37.8 Å². The first-order valence-electron chi connectivity index (χ1n) is 9.50. The molecule has 3 heterocycles. The first-order valence-corrected chi connectivity index (χ1v) is 9.50. The predicted octanol–water partition coefficient (Wildman–Crippen LogP) is 2.32. The van der Waals surface area contributed by atoms with Crippen LogP contribution in [0.15, 0.2) is 30.3 Å². The number of benzene rings is 1. The molecule has 0 N–H and O–H groups in total. The average molecular weight is 342 g/mol. The minimum absolute atomic E-state index is 0.113. The molecule has 0 bridgehead atoms. The summed E-state index contributed by atoms with van der Waals surface area (Å²) in [7, 11) is 0. The number of carbonyl (C=O) groups is 2. The number of ether oxygens (including phenoxy) is 1. The summed E-state index contributed by atoms with van der Waals surface area (Å²) in [6, 6.07) is 9.76. The highest BCUT2D eigenvalue weighted by atomic mass is 16.5. The summed E-state index contributed by atoms with van der Waals surface area (Å²) in [5.74, 6) is 0.678. The molecule has 4 rings (SSSR count). The molecule has 134 valence electrons. The molecule has 3 atom stereocenters. The molecular weight excluding hydrogens is 316 g/mol. The molecule has 25 heavy (non-hydrogen) atoms. The molecule has 3 aliphatic heterocycles. The lowest BCUT2D eigenvalue weighted by atomic mass is 9.83. The zero-order valence-corrected chi connectivity index (χ0v) is 14.6. The lowest BCUT2D eigenvalue weighted by Gasteiger charge is -2.47. The zero-order chi connectivity index (χ0) is 17.2. The van der Waals surface area contributed by atoms with Crippen molar-refractivity contribution in [2.75, 3.05) is 26.2 Å². The average Bonchev–Trinajstić information content (AvgIpc) is 3.21. The number of hydrogen-bond donors (Lipinski definition) is 0. The number of fused-ring (bicyclic) bond motifs is 1. The summed E-state index contributed by atoms with van der Waals surface area (Å²) in [6.45, 7) is 3.03. The van der Waals surface area contributed by atoms with Gasteiger partial charge in [-0.3, -0.25) is 9.59 Å². The molecule has 0 spiro atoms. The predicted molar refractivity (Wildman–Crippen MR) is 94.2 cm³/mol. The molecule has 0 aromatic heterocycles. The first-order chi connectivity index (χ1) is 12.2. The van der Waals surface area contributed by atoms with E-state index in [2.05, 4.69) is 4.90 Å². The molecule has 3 fully saturated rings. The van der Waals surface area contributed by atoms with Crippen molar-refractivity contribution in [2.45, 2.75) is 44.2 Å². The molecule has 0 radical (unpaired) electrons. The maximum atomic E-state index is 12.8. The Morgan fingerprint density at radius 1 is 1.00 bits per heavy atom. The van der Waals surface area contributed by atoms with E-state index in [4.69, 9.17) is 4.74 Å². The fourth-order valence-electron chi connectivity index (χ4n) is 4.58. The number of rotatable bonds is 2. The second kappa shape index (κ2) is 7.16. The molecule has 1 unspecified atom stereocenters. The van der Waals surface area contributed by atoms with Gasteiger partial charge in [-0.15, -0.1) is 0 Å². The van der Waals surface area contributed by atoms with Crippen molar-refractivity contribution in [2.24, 2.45) is 5.92 Å². The summed E-state index contributed by atoms with van der Waals surface area (Å²) < 4.78 is 5.61. The van der Waals surface area contributed by atoms with Gasteiger partial charge in [-0.1, -0.05) is 18.2 Å². The van der Waals surface area contributed by atoms with Crippen LogP contribution in [0.4, 0.5) is 0 Å². The molecular formula is C20H26N2O3. The third-order valence-corrected chi connectivity index (χ3v) is 5.86. The molecule has 2 amide bonds. The number of piperidine rings is 2. The summed E-state index contributed by atoms with van der Waals surface area (Å²) in [5, 5.41) is 0. The van der Waals surface area contributed by atoms with Gasteiger partial charge in [0.2, 0.25) is 0 Å². The van der Waals surface area contributed by atoms with Gasteiger partial charge in [-0.25, -0.2) is 0 Å². The molecule has 0 aliphatic carbocycles. The Kier molecular flexibility index (Phi) is 4.75. The standard InChI is InChI=1S/C20H26N2O3/c23-19(15-6-2-1-3-7-15)21-12-10-17-16(14-21)8-4-11-22(17)20(24)18-9-5-13-25-18/h1-3,6-7,16-18H,4-5,8-14H2/t16-,17+,18?/m1/s1. The quantitative estimate of drug-likeness (QED) is 0.829. The van der Waals surface area contributed by atoms with Crippen LogP contribution in [0.25, 0.3) is 0 Å². The van der Waals surface area contributed by atoms with E-state index in [0.717, 1.165) is 57.3 Å². The molecule has 3 aliphatic rings. The van der Waals surface area contributed by atoms with Crippen LogP contribution in [-0.2, 0) is 9.53 Å². The van der Waals surface area contributed by atoms with E-state index in [1.54, 1.807) is 0 Å². The third kappa shape index (κ3) is 3.30. The minimum atomic E-state index is -0.234. The Bertz CT molecular complexity index is 627. The second-order valence-electron chi connectivity index (χ2n) is 7.41. The SMILES string of the molecule is O=C(c1ccccc1)N1CC[C@H]2[C@H](CCCN2C(=O)C2CCCO2)C1. The van der Waals surface area contributed by atoms with E-state index in [0.29, 0.717) is 12.5 Å². The van der Waals surface area contributed by atoms with Crippen LogP contribution in [0.1, 0.15) is 42.5 Å². The van der Waals surface area contributed by atoms with E-state index in [9.17, 15) is 9.59 Å². The fraction of sp³-hybridized carbons (Fsp3) is 0.600. The van der Waals surface area contributed by atoms with Crippen LogP contribution in [0.2, 0.25) is 0 Å². The minimum Gasteiger partial charge on any atom is -0.368 e.